The summed E-state index contributed by atoms with van der Waals surface area (Å²) < 4.78 is 31.0. The Labute approximate surface area is 168 Å². The maximum atomic E-state index is 12.1. The minimum absolute atomic E-state index is 0. The average molecular weight is 484 g/mol. The molecule has 0 aliphatic rings. The van der Waals surface area contributed by atoms with Crippen molar-refractivity contribution in [2.45, 2.75) is 20.4 Å². The predicted molar refractivity (Wildman–Crippen MR) is 113 cm³/mol. The number of guanidine groups is 1. The van der Waals surface area contributed by atoms with E-state index in [1.165, 1.54) is 4.31 Å². The zero-order valence-corrected chi connectivity index (χ0v) is 18.4. The number of rotatable bonds is 9. The Hall–Kier alpha value is -1.07. The maximum absolute atomic E-state index is 12.1. The fraction of sp³-hybridized carbons (Fsp3) is 0.562. The van der Waals surface area contributed by atoms with E-state index in [0.717, 1.165) is 11.3 Å². The summed E-state index contributed by atoms with van der Waals surface area (Å²) in [7, 11) is 0.0421. The molecule has 0 aromatic heterocycles. The van der Waals surface area contributed by atoms with Crippen LogP contribution in [0.3, 0.4) is 0 Å². The summed E-state index contributed by atoms with van der Waals surface area (Å²) in [5, 5.41) is 6.18. The molecule has 9 heteroatoms. The molecule has 25 heavy (non-hydrogen) atoms. The Morgan fingerprint density at radius 2 is 1.84 bits per heavy atom. The third kappa shape index (κ3) is 7.78. The van der Waals surface area contributed by atoms with E-state index in [-0.39, 0.29) is 29.7 Å². The first-order valence-electron chi connectivity index (χ1n) is 8.02. The van der Waals surface area contributed by atoms with E-state index in [2.05, 4.69) is 15.6 Å². The highest BCUT2D eigenvalue weighted by molar-refractivity contribution is 14.0. The van der Waals surface area contributed by atoms with Gasteiger partial charge in [0, 0.05) is 38.8 Å². The zero-order chi connectivity index (χ0) is 18.0. The Kier molecular flexibility index (Phi) is 11.8. The van der Waals surface area contributed by atoms with E-state index in [1.54, 1.807) is 14.2 Å². The number of para-hydroxylation sites is 1. The lowest BCUT2D eigenvalue weighted by Crippen LogP contribution is -2.41. The zero-order valence-electron chi connectivity index (χ0n) is 15.3. The highest BCUT2D eigenvalue weighted by Crippen LogP contribution is 2.16. The van der Waals surface area contributed by atoms with Crippen molar-refractivity contribution in [2.24, 2.45) is 4.99 Å². The molecule has 0 radical (unpaired) electrons. The SMILES string of the molecule is CCN(CC)S(=O)(=O)CCNC(=NC)NCc1ccccc1OC.I. The molecule has 1 aromatic rings. The Balaban J connectivity index is 0.00000576. The normalized spacial score (nSPS) is 11.8. The molecule has 0 spiro atoms. The van der Waals surface area contributed by atoms with Crippen molar-refractivity contribution in [3.05, 3.63) is 29.8 Å². The molecule has 0 amide bonds. The quantitative estimate of drug-likeness (QED) is 0.317. The van der Waals surface area contributed by atoms with E-state index in [1.807, 2.05) is 38.1 Å². The van der Waals surface area contributed by atoms with Gasteiger partial charge >= 0.3 is 0 Å². The molecule has 1 rings (SSSR count). The highest BCUT2D eigenvalue weighted by atomic mass is 127. The van der Waals surface area contributed by atoms with Crippen molar-refractivity contribution in [3.8, 4) is 5.75 Å². The van der Waals surface area contributed by atoms with Gasteiger partial charge < -0.3 is 15.4 Å². The van der Waals surface area contributed by atoms with Crippen LogP contribution in [0.2, 0.25) is 0 Å². The van der Waals surface area contributed by atoms with E-state index < -0.39 is 10.0 Å². The van der Waals surface area contributed by atoms with Crippen molar-refractivity contribution in [1.29, 1.82) is 0 Å². The lowest BCUT2D eigenvalue weighted by Gasteiger charge is -2.19. The summed E-state index contributed by atoms with van der Waals surface area (Å²) in [4.78, 5) is 4.11. The fourth-order valence-corrected chi connectivity index (χ4v) is 3.70. The molecule has 1 aromatic carbocycles. The standard InChI is InChI=1S/C16H28N4O3S.HI/c1-5-20(6-2)24(21,22)12-11-18-16(17-3)19-13-14-9-7-8-10-15(14)23-4;/h7-10H,5-6,11-13H2,1-4H3,(H2,17,18,19);1H. The average Bonchev–Trinajstić information content (AvgIpc) is 2.58. The summed E-state index contributed by atoms with van der Waals surface area (Å²) in [6, 6.07) is 7.70. The van der Waals surface area contributed by atoms with E-state index >= 15 is 0 Å². The van der Waals surface area contributed by atoms with Gasteiger partial charge in [0.2, 0.25) is 10.0 Å². The number of methoxy groups -OCH3 is 1. The van der Waals surface area contributed by atoms with Crippen LogP contribution < -0.4 is 15.4 Å². The molecule has 2 N–H and O–H groups in total. The first-order valence-corrected chi connectivity index (χ1v) is 9.63. The molecule has 0 saturated heterocycles. The molecular weight excluding hydrogens is 455 g/mol. The van der Waals surface area contributed by atoms with Crippen LogP contribution in [0.15, 0.2) is 29.3 Å². The number of sulfonamides is 1. The third-order valence-corrected chi connectivity index (χ3v) is 5.64. The van der Waals surface area contributed by atoms with Gasteiger partial charge in [0.15, 0.2) is 5.96 Å². The number of nitrogens with zero attached hydrogens (tertiary/aromatic N) is 2. The Bertz CT molecular complexity index is 634. The van der Waals surface area contributed by atoms with Crippen LogP contribution in [0.25, 0.3) is 0 Å². The summed E-state index contributed by atoms with van der Waals surface area (Å²) in [6.07, 6.45) is 0. The minimum Gasteiger partial charge on any atom is -0.496 e. The summed E-state index contributed by atoms with van der Waals surface area (Å²) >= 11 is 0. The molecule has 0 saturated carbocycles. The van der Waals surface area contributed by atoms with Crippen LogP contribution >= 0.6 is 24.0 Å². The van der Waals surface area contributed by atoms with Crippen molar-refractivity contribution in [1.82, 2.24) is 14.9 Å². The first kappa shape index (κ1) is 23.9. The molecule has 144 valence electrons. The van der Waals surface area contributed by atoms with Gasteiger partial charge in [0.25, 0.3) is 0 Å². The van der Waals surface area contributed by atoms with Crippen LogP contribution in [-0.2, 0) is 16.6 Å². The van der Waals surface area contributed by atoms with Crippen molar-refractivity contribution in [3.63, 3.8) is 0 Å². The number of hydrogen-bond donors (Lipinski definition) is 2. The molecule has 0 fully saturated rings. The van der Waals surface area contributed by atoms with Crippen LogP contribution in [0.4, 0.5) is 0 Å². The van der Waals surface area contributed by atoms with Gasteiger partial charge in [-0.05, 0) is 6.07 Å². The predicted octanol–water partition coefficient (Wildman–Crippen LogP) is 1.65. The lowest BCUT2D eigenvalue weighted by molar-refractivity contribution is 0.409. The number of hydrogen-bond acceptors (Lipinski definition) is 4. The van der Waals surface area contributed by atoms with Gasteiger partial charge in [0.1, 0.15) is 5.75 Å². The van der Waals surface area contributed by atoms with Gasteiger partial charge in [-0.3, -0.25) is 4.99 Å². The Morgan fingerprint density at radius 1 is 1.20 bits per heavy atom. The molecule has 0 unspecified atom stereocenters. The maximum Gasteiger partial charge on any atom is 0.215 e. The first-order chi connectivity index (χ1) is 11.5. The number of halogens is 1. The summed E-state index contributed by atoms with van der Waals surface area (Å²) in [5.41, 5.74) is 0.999. The topological polar surface area (TPSA) is 83.0 Å². The van der Waals surface area contributed by atoms with Crippen molar-refractivity contribution >= 4 is 40.0 Å². The van der Waals surface area contributed by atoms with Crippen LogP contribution in [0, 0.1) is 0 Å². The van der Waals surface area contributed by atoms with E-state index in [4.69, 9.17) is 4.74 Å². The van der Waals surface area contributed by atoms with Gasteiger partial charge in [0.05, 0.1) is 12.9 Å². The molecule has 0 bridgehead atoms. The van der Waals surface area contributed by atoms with Gasteiger partial charge in [-0.15, -0.1) is 24.0 Å². The lowest BCUT2D eigenvalue weighted by atomic mass is 10.2. The molecular formula is C16H29IN4O3S. The second-order valence-corrected chi connectivity index (χ2v) is 7.15. The smallest absolute Gasteiger partial charge is 0.215 e. The number of nitrogens with one attached hydrogen (secondary N) is 2. The Morgan fingerprint density at radius 3 is 2.40 bits per heavy atom. The third-order valence-electron chi connectivity index (χ3n) is 3.61. The van der Waals surface area contributed by atoms with Crippen LogP contribution in [0.1, 0.15) is 19.4 Å². The largest absolute Gasteiger partial charge is 0.496 e. The minimum atomic E-state index is -3.24. The van der Waals surface area contributed by atoms with Crippen molar-refractivity contribution < 1.29 is 13.2 Å². The molecule has 0 aliphatic carbocycles. The molecule has 0 atom stereocenters. The van der Waals surface area contributed by atoms with E-state index in [0.29, 0.717) is 32.1 Å². The number of ether oxygens (including phenoxy) is 1. The van der Waals surface area contributed by atoms with Crippen LogP contribution in [0.5, 0.6) is 5.75 Å². The van der Waals surface area contributed by atoms with Crippen LogP contribution in [-0.4, -0.2) is 58.2 Å². The van der Waals surface area contributed by atoms with Crippen molar-refractivity contribution in [2.75, 3.05) is 39.5 Å². The van der Waals surface area contributed by atoms with Gasteiger partial charge in [-0.2, -0.15) is 0 Å². The molecule has 7 nitrogen and oxygen atoms in total. The second kappa shape index (κ2) is 12.3. The molecule has 0 aliphatic heterocycles. The number of benzene rings is 1. The van der Waals surface area contributed by atoms with E-state index in [9.17, 15) is 8.42 Å². The molecule has 0 heterocycles. The second-order valence-electron chi connectivity index (χ2n) is 5.06. The van der Waals surface area contributed by atoms with Gasteiger partial charge in [-0.1, -0.05) is 32.0 Å². The fourth-order valence-electron chi connectivity index (χ4n) is 2.29. The summed E-state index contributed by atoms with van der Waals surface area (Å²) in [5.74, 6) is 1.38. The monoisotopic (exact) mass is 484 g/mol. The van der Waals surface area contributed by atoms with Gasteiger partial charge in [-0.25, -0.2) is 12.7 Å². The number of aliphatic imine (C=N–C) groups is 1. The highest BCUT2D eigenvalue weighted by Gasteiger charge is 2.18. The summed E-state index contributed by atoms with van der Waals surface area (Å²) in [6.45, 7) is 5.47.